The molecule has 0 fully saturated rings. The van der Waals surface area contributed by atoms with E-state index in [-0.39, 0.29) is 29.0 Å². The van der Waals surface area contributed by atoms with Gasteiger partial charge in [0.1, 0.15) is 5.82 Å². The summed E-state index contributed by atoms with van der Waals surface area (Å²) in [5, 5.41) is 5.19. The topological polar surface area (TPSA) is 58.2 Å². The van der Waals surface area contributed by atoms with Crippen molar-refractivity contribution in [1.82, 2.24) is 0 Å². The van der Waals surface area contributed by atoms with Crippen LogP contribution in [0, 0.1) is 5.82 Å². The van der Waals surface area contributed by atoms with Gasteiger partial charge in [-0.3, -0.25) is 9.59 Å². The quantitative estimate of drug-likeness (QED) is 0.860. The van der Waals surface area contributed by atoms with Crippen LogP contribution in [-0.4, -0.2) is 23.3 Å². The second-order valence-corrected chi connectivity index (χ2v) is 5.42. The zero-order valence-electron chi connectivity index (χ0n) is 11.7. The molecular weight excluding hydrogens is 303 g/mol. The van der Waals surface area contributed by atoms with Crippen molar-refractivity contribution in [3.8, 4) is 0 Å². The first-order valence-corrected chi connectivity index (χ1v) is 7.77. The molecule has 0 saturated carbocycles. The number of thioether (sulfide) groups is 1. The Hall–Kier alpha value is -2.34. The van der Waals surface area contributed by atoms with Gasteiger partial charge in [0.2, 0.25) is 11.8 Å². The van der Waals surface area contributed by atoms with E-state index < -0.39 is 5.82 Å². The maximum atomic E-state index is 13.4. The third kappa shape index (κ3) is 5.21. The summed E-state index contributed by atoms with van der Waals surface area (Å²) in [6.07, 6.45) is 0. The molecule has 0 spiro atoms. The zero-order valence-corrected chi connectivity index (χ0v) is 12.5. The molecule has 0 aliphatic heterocycles. The summed E-state index contributed by atoms with van der Waals surface area (Å²) in [6.45, 7) is 0. The largest absolute Gasteiger partial charge is 0.325 e. The second kappa shape index (κ2) is 8.19. The summed E-state index contributed by atoms with van der Waals surface area (Å²) in [5.41, 5.74) is 0.853. The Morgan fingerprint density at radius 3 is 2.14 bits per heavy atom. The standard InChI is InChI=1S/C16H15FN2O2S/c17-13-8-4-5-9-14(13)19-16(21)11-22-10-15(20)18-12-6-2-1-3-7-12/h1-9H,10-11H2,(H,18,20)(H,19,21). The molecule has 0 aliphatic rings. The lowest BCUT2D eigenvalue weighted by Gasteiger charge is -2.06. The maximum absolute atomic E-state index is 13.4. The number of carbonyl (C=O) groups is 2. The van der Waals surface area contributed by atoms with Crippen LogP contribution in [-0.2, 0) is 9.59 Å². The highest BCUT2D eigenvalue weighted by molar-refractivity contribution is 8.00. The minimum Gasteiger partial charge on any atom is -0.325 e. The van der Waals surface area contributed by atoms with Gasteiger partial charge in [-0.05, 0) is 24.3 Å². The van der Waals surface area contributed by atoms with E-state index in [1.54, 1.807) is 24.3 Å². The van der Waals surface area contributed by atoms with Crippen LogP contribution in [0.3, 0.4) is 0 Å². The van der Waals surface area contributed by atoms with Crippen LogP contribution in [0.5, 0.6) is 0 Å². The number of carbonyl (C=O) groups excluding carboxylic acids is 2. The van der Waals surface area contributed by atoms with Gasteiger partial charge in [0.05, 0.1) is 17.2 Å². The molecule has 0 aliphatic carbocycles. The summed E-state index contributed by atoms with van der Waals surface area (Å²) >= 11 is 1.17. The molecule has 4 nitrogen and oxygen atoms in total. The highest BCUT2D eigenvalue weighted by Crippen LogP contribution is 2.13. The summed E-state index contributed by atoms with van der Waals surface area (Å²) in [6, 6.07) is 15.0. The summed E-state index contributed by atoms with van der Waals surface area (Å²) in [5.74, 6) is -0.781. The van der Waals surface area contributed by atoms with E-state index in [1.807, 2.05) is 18.2 Å². The monoisotopic (exact) mass is 318 g/mol. The molecular formula is C16H15FN2O2S. The van der Waals surface area contributed by atoms with Crippen LogP contribution < -0.4 is 10.6 Å². The second-order valence-electron chi connectivity index (χ2n) is 4.44. The Morgan fingerprint density at radius 2 is 1.45 bits per heavy atom. The van der Waals surface area contributed by atoms with Crippen LogP contribution in [0.15, 0.2) is 54.6 Å². The lowest BCUT2D eigenvalue weighted by molar-refractivity contribution is -0.114. The van der Waals surface area contributed by atoms with Crippen molar-refractivity contribution in [1.29, 1.82) is 0 Å². The molecule has 114 valence electrons. The first-order chi connectivity index (χ1) is 10.6. The van der Waals surface area contributed by atoms with Gasteiger partial charge in [-0.15, -0.1) is 11.8 Å². The first-order valence-electron chi connectivity index (χ1n) is 6.62. The average Bonchev–Trinajstić information content (AvgIpc) is 2.50. The Bertz CT molecular complexity index is 650. The van der Waals surface area contributed by atoms with Crippen LogP contribution in [0.4, 0.5) is 15.8 Å². The number of anilines is 2. The van der Waals surface area contributed by atoms with Gasteiger partial charge >= 0.3 is 0 Å². The van der Waals surface area contributed by atoms with E-state index in [0.29, 0.717) is 5.69 Å². The van der Waals surface area contributed by atoms with Crippen molar-refractivity contribution in [2.75, 3.05) is 22.1 Å². The molecule has 2 aromatic carbocycles. The van der Waals surface area contributed by atoms with Gasteiger partial charge < -0.3 is 10.6 Å². The summed E-state index contributed by atoms with van der Waals surface area (Å²) < 4.78 is 13.4. The molecule has 0 radical (unpaired) electrons. The summed E-state index contributed by atoms with van der Waals surface area (Å²) in [4.78, 5) is 23.4. The fraction of sp³-hybridized carbons (Fsp3) is 0.125. The molecule has 2 N–H and O–H groups in total. The third-order valence-corrected chi connectivity index (χ3v) is 3.60. The van der Waals surface area contributed by atoms with Crippen molar-refractivity contribution in [2.24, 2.45) is 0 Å². The zero-order chi connectivity index (χ0) is 15.8. The van der Waals surface area contributed by atoms with Gasteiger partial charge in [-0.25, -0.2) is 4.39 Å². The predicted octanol–water partition coefficient (Wildman–Crippen LogP) is 3.14. The molecule has 0 atom stereocenters. The van der Waals surface area contributed by atoms with Gasteiger partial charge in [0.15, 0.2) is 0 Å². The van der Waals surface area contributed by atoms with Gasteiger partial charge in [-0.1, -0.05) is 30.3 Å². The number of benzene rings is 2. The lowest BCUT2D eigenvalue weighted by atomic mass is 10.3. The normalized spacial score (nSPS) is 10.0. The highest BCUT2D eigenvalue weighted by Gasteiger charge is 2.08. The molecule has 6 heteroatoms. The van der Waals surface area contributed by atoms with E-state index in [1.165, 1.54) is 23.9 Å². The number of hydrogen-bond donors (Lipinski definition) is 2. The number of amides is 2. The Kier molecular flexibility index (Phi) is 5.97. The lowest BCUT2D eigenvalue weighted by Crippen LogP contribution is -2.18. The van der Waals surface area contributed by atoms with E-state index in [9.17, 15) is 14.0 Å². The molecule has 2 aromatic rings. The fourth-order valence-electron chi connectivity index (χ4n) is 1.70. The molecule has 2 rings (SSSR count). The molecule has 0 heterocycles. The van der Waals surface area contributed by atoms with Crippen LogP contribution >= 0.6 is 11.8 Å². The van der Waals surface area contributed by atoms with Crippen molar-refractivity contribution < 1.29 is 14.0 Å². The number of rotatable bonds is 6. The third-order valence-electron chi connectivity index (χ3n) is 2.67. The van der Waals surface area contributed by atoms with Gasteiger partial charge in [0.25, 0.3) is 0 Å². The van der Waals surface area contributed by atoms with E-state index in [4.69, 9.17) is 0 Å². The molecule has 0 aromatic heterocycles. The Labute approximate surface area is 132 Å². The van der Waals surface area contributed by atoms with Gasteiger partial charge in [0, 0.05) is 5.69 Å². The number of para-hydroxylation sites is 2. The smallest absolute Gasteiger partial charge is 0.234 e. The van der Waals surface area contributed by atoms with Gasteiger partial charge in [-0.2, -0.15) is 0 Å². The van der Waals surface area contributed by atoms with Crippen LogP contribution in [0.1, 0.15) is 0 Å². The molecule has 2 amide bonds. The van der Waals surface area contributed by atoms with Crippen molar-refractivity contribution in [2.45, 2.75) is 0 Å². The maximum Gasteiger partial charge on any atom is 0.234 e. The van der Waals surface area contributed by atoms with E-state index in [0.717, 1.165) is 0 Å². The van der Waals surface area contributed by atoms with Crippen molar-refractivity contribution in [3.63, 3.8) is 0 Å². The van der Waals surface area contributed by atoms with Crippen LogP contribution in [0.25, 0.3) is 0 Å². The minimum absolute atomic E-state index is 0.0799. The minimum atomic E-state index is -0.484. The Balaban J connectivity index is 1.71. The van der Waals surface area contributed by atoms with E-state index >= 15 is 0 Å². The molecule has 0 bridgehead atoms. The Morgan fingerprint density at radius 1 is 0.864 bits per heavy atom. The number of halogens is 1. The number of hydrogen-bond acceptors (Lipinski definition) is 3. The predicted molar refractivity (Wildman–Crippen MR) is 87.4 cm³/mol. The first kappa shape index (κ1) is 16.0. The van der Waals surface area contributed by atoms with E-state index in [2.05, 4.69) is 10.6 Å². The fourth-order valence-corrected chi connectivity index (χ4v) is 2.32. The van der Waals surface area contributed by atoms with Crippen molar-refractivity contribution in [3.05, 3.63) is 60.4 Å². The molecule has 22 heavy (non-hydrogen) atoms. The van der Waals surface area contributed by atoms with Crippen LogP contribution in [0.2, 0.25) is 0 Å². The average molecular weight is 318 g/mol. The molecule has 0 saturated heterocycles. The van der Waals surface area contributed by atoms with Crippen molar-refractivity contribution >= 4 is 35.0 Å². The molecule has 0 unspecified atom stereocenters. The number of nitrogens with one attached hydrogen (secondary N) is 2. The summed E-state index contributed by atoms with van der Waals surface area (Å²) in [7, 11) is 0. The highest BCUT2D eigenvalue weighted by atomic mass is 32.2. The SMILES string of the molecule is O=C(CSCC(=O)Nc1ccccc1F)Nc1ccccc1.